The summed E-state index contributed by atoms with van der Waals surface area (Å²) in [6.45, 7) is 2.89. The minimum Gasteiger partial charge on any atom is -0.462 e. The fraction of sp³-hybridized carbons (Fsp3) is 0.692. The normalized spacial score (nSPS) is 22.0. The van der Waals surface area contributed by atoms with Gasteiger partial charge in [0.1, 0.15) is 43.2 Å². The van der Waals surface area contributed by atoms with Crippen molar-refractivity contribution in [2.24, 2.45) is 0 Å². The maximum atomic E-state index is 13.0. The molecule has 1 aliphatic carbocycles. The number of aliphatic hydroxyl groups is 5. The Morgan fingerprint density at radius 3 is 1.55 bits per heavy atom. The average Bonchev–Trinajstić information content (AvgIpc) is 3.32. The van der Waals surface area contributed by atoms with Crippen molar-refractivity contribution in [2.75, 3.05) is 13.2 Å². The lowest BCUT2D eigenvalue weighted by atomic mass is 9.85. The standard InChI is InChI=1S/C52H88O17P2/c1-3-5-7-9-11-13-15-17-18-19-20-21-22-23-25-27-29-31-33-35-39-46(55)67-44(42-66-71(63,64)69-52-49(58)47(56)48(57)51(50(52)59)68-70(60,61)62)41-65-45(54)40-36-38-43(53)37-34-32-30-28-26-24-16-14-12-10-8-6-4-2/h12-15,18-19,21-22,24,26,30,32,34,37,43-44,47-53,56-59H,3-11,16-17,20,23,25,27-29,31,33,35-36,38-42H2,1-2H3,(H,63,64)(H2,60,61,62)/b14-12-,15-13-,19-18-,22-21-,26-24-,32-30-,37-34+/t43-,44-,47?,48?,49?,50?,51-,52+/m1/s1. The number of aliphatic hydroxyl groups excluding tert-OH is 5. The molecule has 0 amide bonds. The number of esters is 2. The summed E-state index contributed by atoms with van der Waals surface area (Å²) in [5.74, 6) is -1.43. The first-order valence-corrected chi connectivity index (χ1v) is 28.8. The van der Waals surface area contributed by atoms with Gasteiger partial charge >= 0.3 is 27.6 Å². The summed E-state index contributed by atoms with van der Waals surface area (Å²) in [6, 6.07) is 0. The third kappa shape index (κ3) is 35.9. The average molecular weight is 1050 g/mol. The van der Waals surface area contributed by atoms with Crippen LogP contribution in [0.25, 0.3) is 0 Å². The van der Waals surface area contributed by atoms with Gasteiger partial charge in [-0.15, -0.1) is 0 Å². The summed E-state index contributed by atoms with van der Waals surface area (Å²) in [6.07, 6.45) is 34.0. The highest BCUT2D eigenvalue weighted by Gasteiger charge is 2.54. The van der Waals surface area contributed by atoms with E-state index in [0.29, 0.717) is 6.42 Å². The molecule has 0 radical (unpaired) electrons. The van der Waals surface area contributed by atoms with E-state index in [2.05, 4.69) is 79.1 Å². The van der Waals surface area contributed by atoms with Gasteiger partial charge in [-0.2, -0.15) is 0 Å². The molecule has 0 bridgehead atoms. The van der Waals surface area contributed by atoms with Crippen LogP contribution in [0, 0.1) is 0 Å². The Bertz CT molecular complexity index is 1710. The van der Waals surface area contributed by atoms with E-state index >= 15 is 0 Å². The van der Waals surface area contributed by atoms with Gasteiger partial charge in [-0.05, 0) is 83.5 Å². The number of unbranched alkanes of at least 4 members (excludes halogenated alkanes) is 13. The molecule has 0 aliphatic heterocycles. The Kier molecular flexibility index (Phi) is 38.7. The van der Waals surface area contributed by atoms with E-state index in [4.69, 9.17) is 18.5 Å². The molecule has 9 atom stereocenters. The van der Waals surface area contributed by atoms with Gasteiger partial charge in [0.15, 0.2) is 6.10 Å². The minimum atomic E-state index is -5.39. The van der Waals surface area contributed by atoms with Gasteiger partial charge in [-0.1, -0.05) is 157 Å². The van der Waals surface area contributed by atoms with Gasteiger partial charge in [-0.3, -0.25) is 23.2 Å². The summed E-state index contributed by atoms with van der Waals surface area (Å²) in [4.78, 5) is 54.4. The van der Waals surface area contributed by atoms with Gasteiger partial charge in [0.2, 0.25) is 0 Å². The fourth-order valence-electron chi connectivity index (χ4n) is 7.25. The predicted octanol–water partition coefficient (Wildman–Crippen LogP) is 9.54. The molecule has 408 valence electrons. The van der Waals surface area contributed by atoms with Gasteiger partial charge in [0.05, 0.1) is 12.7 Å². The summed E-state index contributed by atoms with van der Waals surface area (Å²) in [5.41, 5.74) is 0. The third-order valence-corrected chi connectivity index (χ3v) is 12.8. The first kappa shape index (κ1) is 66.2. The second-order valence-corrected chi connectivity index (χ2v) is 20.3. The maximum absolute atomic E-state index is 13.0. The van der Waals surface area contributed by atoms with Crippen LogP contribution in [0.3, 0.4) is 0 Å². The van der Waals surface area contributed by atoms with Crippen molar-refractivity contribution in [2.45, 2.75) is 217 Å². The number of carbonyl (C=O) groups excluding carboxylic acids is 2. The highest BCUT2D eigenvalue weighted by Crippen LogP contribution is 2.49. The predicted molar refractivity (Wildman–Crippen MR) is 275 cm³/mol. The largest absolute Gasteiger partial charge is 0.472 e. The van der Waals surface area contributed by atoms with E-state index < -0.39 is 89.6 Å². The zero-order valence-electron chi connectivity index (χ0n) is 42.2. The molecule has 5 unspecified atom stereocenters. The Labute approximate surface area is 423 Å². The lowest BCUT2D eigenvalue weighted by Crippen LogP contribution is -2.64. The monoisotopic (exact) mass is 1050 g/mol. The van der Waals surface area contributed by atoms with Crippen molar-refractivity contribution in [1.82, 2.24) is 0 Å². The van der Waals surface area contributed by atoms with Gasteiger partial charge in [-0.25, -0.2) is 9.13 Å². The van der Waals surface area contributed by atoms with Gasteiger partial charge in [0, 0.05) is 12.8 Å². The lowest BCUT2D eigenvalue weighted by molar-refractivity contribution is -0.216. The number of ether oxygens (including phenoxy) is 2. The molecule has 0 heterocycles. The fourth-order valence-corrected chi connectivity index (χ4v) is 8.79. The molecule has 17 nitrogen and oxygen atoms in total. The van der Waals surface area contributed by atoms with Crippen LogP contribution in [-0.2, 0) is 41.8 Å². The Morgan fingerprint density at radius 1 is 0.521 bits per heavy atom. The first-order valence-electron chi connectivity index (χ1n) is 25.7. The second-order valence-electron chi connectivity index (χ2n) is 17.7. The molecule has 1 saturated carbocycles. The maximum Gasteiger partial charge on any atom is 0.472 e. The van der Waals surface area contributed by atoms with E-state index in [1.807, 2.05) is 12.2 Å². The SMILES string of the molecule is CCCCC/C=C\C/C=C\C/C=C\C=C\[C@@H](O)CCCC(=O)OC[C@H](COP(=O)(O)O[C@H]1C(O)C(O)C(O)[C@@H](OP(=O)(O)O)C1O)OC(=O)CCCCCCCC/C=C\C/C=C\C/C=C\CCCCCC. The topological polar surface area (TPSA) is 276 Å². The molecular formula is C52H88O17P2. The van der Waals surface area contributed by atoms with E-state index in [9.17, 15) is 58.9 Å². The Balaban J connectivity index is 2.64. The molecule has 0 aromatic carbocycles. The van der Waals surface area contributed by atoms with Crippen molar-refractivity contribution >= 4 is 27.6 Å². The highest BCUT2D eigenvalue weighted by atomic mass is 31.2. The van der Waals surface area contributed by atoms with Crippen LogP contribution < -0.4 is 0 Å². The zero-order valence-corrected chi connectivity index (χ0v) is 44.0. The van der Waals surface area contributed by atoms with Crippen LogP contribution in [0.4, 0.5) is 0 Å². The van der Waals surface area contributed by atoms with Crippen molar-refractivity contribution in [3.63, 3.8) is 0 Å². The molecule has 0 aromatic rings. The molecule has 0 spiro atoms. The number of phosphoric acid groups is 2. The summed E-state index contributed by atoms with van der Waals surface area (Å²) >= 11 is 0. The lowest BCUT2D eigenvalue weighted by Gasteiger charge is -2.43. The molecule has 8 N–H and O–H groups in total. The summed E-state index contributed by atoms with van der Waals surface area (Å²) in [5, 5.41) is 51.6. The molecule has 0 saturated heterocycles. The van der Waals surface area contributed by atoms with E-state index in [-0.39, 0.29) is 25.7 Å². The number of phosphoric ester groups is 2. The zero-order chi connectivity index (χ0) is 52.6. The van der Waals surface area contributed by atoms with Crippen molar-refractivity contribution in [3.05, 3.63) is 85.1 Å². The minimum absolute atomic E-state index is 0.0154. The Hall–Kier alpha value is -2.86. The number of hydrogen-bond donors (Lipinski definition) is 8. The molecule has 19 heteroatoms. The highest BCUT2D eigenvalue weighted by molar-refractivity contribution is 7.47. The van der Waals surface area contributed by atoms with Crippen molar-refractivity contribution in [3.8, 4) is 0 Å². The first-order chi connectivity index (χ1) is 34.0. The number of carbonyl (C=O) groups is 2. The number of rotatable bonds is 42. The number of hydrogen-bond acceptors (Lipinski definition) is 14. The van der Waals surface area contributed by atoms with Gasteiger partial charge in [0.25, 0.3) is 0 Å². The van der Waals surface area contributed by atoms with E-state index in [1.54, 1.807) is 12.2 Å². The smallest absolute Gasteiger partial charge is 0.462 e. The molecule has 0 aromatic heterocycles. The quantitative estimate of drug-likeness (QED) is 0.00929. The van der Waals surface area contributed by atoms with Crippen LogP contribution in [0.2, 0.25) is 0 Å². The molecular weight excluding hydrogens is 959 g/mol. The van der Waals surface area contributed by atoms with Crippen LogP contribution >= 0.6 is 15.6 Å². The molecule has 1 aliphatic rings. The second kappa shape index (κ2) is 41.5. The van der Waals surface area contributed by atoms with Crippen LogP contribution in [0.15, 0.2) is 85.1 Å². The van der Waals surface area contributed by atoms with Crippen molar-refractivity contribution < 1.29 is 82.0 Å². The third-order valence-electron chi connectivity index (χ3n) is 11.3. The van der Waals surface area contributed by atoms with Crippen LogP contribution in [0.1, 0.15) is 168 Å². The molecule has 71 heavy (non-hydrogen) atoms. The van der Waals surface area contributed by atoms with E-state index in [1.165, 1.54) is 44.9 Å². The Morgan fingerprint density at radius 2 is 0.986 bits per heavy atom. The van der Waals surface area contributed by atoms with Crippen LogP contribution in [-0.4, -0.2) is 114 Å². The number of allylic oxidation sites excluding steroid dienone is 13. The summed E-state index contributed by atoms with van der Waals surface area (Å²) < 4.78 is 49.3. The van der Waals surface area contributed by atoms with E-state index in [0.717, 1.165) is 77.0 Å². The molecule has 1 fully saturated rings. The van der Waals surface area contributed by atoms with Gasteiger partial charge < -0.3 is 49.7 Å². The summed E-state index contributed by atoms with van der Waals surface area (Å²) in [7, 11) is -10.8. The molecule has 1 rings (SSSR count). The van der Waals surface area contributed by atoms with Crippen molar-refractivity contribution in [1.29, 1.82) is 0 Å². The van der Waals surface area contributed by atoms with Crippen LogP contribution in [0.5, 0.6) is 0 Å².